The molecule has 2 rings (SSSR count). The zero-order valence-electron chi connectivity index (χ0n) is 15.3. The minimum atomic E-state index is -5.02. The summed E-state index contributed by atoms with van der Waals surface area (Å²) in [6.45, 7) is 5.70. The quantitative estimate of drug-likeness (QED) is 0.288. The molecular weight excluding hydrogens is 349 g/mol. The van der Waals surface area contributed by atoms with Gasteiger partial charge in [0.2, 0.25) is 0 Å². The first-order chi connectivity index (χ1) is 10.3. The summed E-state index contributed by atoms with van der Waals surface area (Å²) in [6.07, 6.45) is 3.67. The number of phosphoric ester groups is 1. The monoisotopic (exact) mass is 372 g/mol. The number of hydrogen-bond acceptors (Lipinski definition) is 5. The van der Waals surface area contributed by atoms with Crippen LogP contribution in [0.4, 0.5) is 0 Å². The van der Waals surface area contributed by atoms with Crippen LogP contribution >= 0.6 is 7.82 Å². The molecule has 1 aromatic carbocycles. The predicted octanol–water partition coefficient (Wildman–Crippen LogP) is -3.10. The Bertz CT molecular complexity index is 557. The fourth-order valence-corrected chi connectivity index (χ4v) is 3.08. The minimum Gasteiger partial charge on any atom is -0.790 e. The standard InChI is InChI=1S/C16H25O5P.2Na/c1-11(2)14-8-5-9-15(12(3)13-6-4-7-13)16(14)20-10-21-22(17,18)19;;/h5,8-9,11-13H,4,6-7,10H2,1-3H3,(H2,17,18,19);;/q;2*+1/p-2/t12-;;/m1../s1. The van der Waals surface area contributed by atoms with Gasteiger partial charge < -0.3 is 23.6 Å². The average molecular weight is 372 g/mol. The summed E-state index contributed by atoms with van der Waals surface area (Å²) in [5.41, 5.74) is 2.06. The molecule has 1 atom stereocenters. The molecular formula is C16H23Na2O5P. The molecule has 0 aliphatic heterocycles. The average Bonchev–Trinajstić information content (AvgIpc) is 2.34. The number of ether oxygens (including phenoxy) is 1. The van der Waals surface area contributed by atoms with Crippen molar-refractivity contribution in [2.24, 2.45) is 5.92 Å². The fraction of sp³-hybridized carbons (Fsp3) is 0.625. The van der Waals surface area contributed by atoms with Gasteiger partial charge >= 0.3 is 59.1 Å². The van der Waals surface area contributed by atoms with Crippen LogP contribution in [0.1, 0.15) is 63.0 Å². The van der Waals surface area contributed by atoms with Gasteiger partial charge in [-0.1, -0.05) is 45.4 Å². The van der Waals surface area contributed by atoms with E-state index >= 15 is 0 Å². The Balaban J connectivity index is 0.00000264. The van der Waals surface area contributed by atoms with E-state index in [0.717, 1.165) is 11.1 Å². The number of benzene rings is 1. The maximum Gasteiger partial charge on any atom is 1.00 e. The van der Waals surface area contributed by atoms with E-state index in [1.54, 1.807) is 0 Å². The Morgan fingerprint density at radius 1 is 1.17 bits per heavy atom. The van der Waals surface area contributed by atoms with Gasteiger partial charge in [0.15, 0.2) is 6.79 Å². The van der Waals surface area contributed by atoms with Crippen molar-refractivity contribution in [1.82, 2.24) is 0 Å². The molecule has 0 saturated heterocycles. The summed E-state index contributed by atoms with van der Waals surface area (Å²) in [4.78, 5) is 21.2. The van der Waals surface area contributed by atoms with Crippen LogP contribution in [0, 0.1) is 5.92 Å². The van der Waals surface area contributed by atoms with Crippen LogP contribution in [0.3, 0.4) is 0 Å². The van der Waals surface area contributed by atoms with Gasteiger partial charge in [0.1, 0.15) is 5.75 Å². The van der Waals surface area contributed by atoms with Crippen molar-refractivity contribution in [3.8, 4) is 5.75 Å². The Kier molecular flexibility index (Phi) is 11.6. The first-order valence-corrected chi connectivity index (χ1v) is 9.18. The maximum atomic E-state index is 10.6. The molecule has 8 heteroatoms. The van der Waals surface area contributed by atoms with Crippen LogP contribution in [-0.4, -0.2) is 6.79 Å². The Labute approximate surface area is 188 Å². The zero-order chi connectivity index (χ0) is 16.3. The molecule has 1 saturated carbocycles. The molecule has 1 aliphatic carbocycles. The molecule has 0 heterocycles. The van der Waals surface area contributed by atoms with E-state index < -0.39 is 14.6 Å². The molecule has 0 spiro atoms. The molecule has 0 aromatic heterocycles. The van der Waals surface area contributed by atoms with E-state index in [1.165, 1.54) is 19.3 Å². The first-order valence-electron chi connectivity index (χ1n) is 7.72. The van der Waals surface area contributed by atoms with Gasteiger partial charge in [0.05, 0.1) is 7.82 Å². The third-order valence-electron chi connectivity index (χ3n) is 4.46. The predicted molar refractivity (Wildman–Crippen MR) is 80.5 cm³/mol. The van der Waals surface area contributed by atoms with E-state index in [1.807, 2.05) is 32.0 Å². The van der Waals surface area contributed by atoms with Crippen LogP contribution in [0.25, 0.3) is 0 Å². The Hall–Kier alpha value is 1.13. The van der Waals surface area contributed by atoms with Crippen molar-refractivity contribution in [3.05, 3.63) is 29.3 Å². The summed E-state index contributed by atoms with van der Waals surface area (Å²) in [7, 11) is -5.02. The Morgan fingerprint density at radius 2 is 1.75 bits per heavy atom. The second-order valence-corrected chi connectivity index (χ2v) is 7.39. The largest absolute Gasteiger partial charge is 1.00 e. The molecule has 0 radical (unpaired) electrons. The summed E-state index contributed by atoms with van der Waals surface area (Å²) in [5.74, 6) is 1.87. The second-order valence-electron chi connectivity index (χ2n) is 6.24. The molecule has 1 fully saturated rings. The van der Waals surface area contributed by atoms with Crippen LogP contribution in [-0.2, 0) is 9.09 Å². The van der Waals surface area contributed by atoms with Crippen molar-refractivity contribution < 1.29 is 82.7 Å². The van der Waals surface area contributed by atoms with E-state index in [0.29, 0.717) is 17.6 Å². The van der Waals surface area contributed by atoms with Gasteiger partial charge in [-0.15, -0.1) is 0 Å². The van der Waals surface area contributed by atoms with E-state index in [2.05, 4.69) is 11.4 Å². The van der Waals surface area contributed by atoms with E-state index in [-0.39, 0.29) is 65.0 Å². The summed E-state index contributed by atoms with van der Waals surface area (Å²) in [6, 6.07) is 5.97. The molecule has 0 N–H and O–H groups in total. The van der Waals surface area contributed by atoms with Crippen molar-refractivity contribution >= 4 is 7.82 Å². The van der Waals surface area contributed by atoms with Gasteiger partial charge in [-0.25, -0.2) is 0 Å². The van der Waals surface area contributed by atoms with Crippen molar-refractivity contribution in [2.75, 3.05) is 6.79 Å². The number of para-hydroxylation sites is 1. The molecule has 0 bridgehead atoms. The van der Waals surface area contributed by atoms with Crippen molar-refractivity contribution in [3.63, 3.8) is 0 Å². The van der Waals surface area contributed by atoms with Gasteiger partial charge in [-0.3, -0.25) is 0 Å². The van der Waals surface area contributed by atoms with Crippen LogP contribution in [0.15, 0.2) is 18.2 Å². The van der Waals surface area contributed by atoms with Crippen LogP contribution in [0.2, 0.25) is 0 Å². The van der Waals surface area contributed by atoms with Crippen molar-refractivity contribution in [1.29, 1.82) is 0 Å². The molecule has 24 heavy (non-hydrogen) atoms. The summed E-state index contributed by atoms with van der Waals surface area (Å²) in [5, 5.41) is 0. The van der Waals surface area contributed by atoms with Gasteiger partial charge in [0.25, 0.3) is 0 Å². The topological polar surface area (TPSA) is 81.7 Å². The first kappa shape index (κ1) is 25.1. The number of rotatable bonds is 7. The Morgan fingerprint density at radius 3 is 2.21 bits per heavy atom. The van der Waals surface area contributed by atoms with Gasteiger partial charge in [-0.2, -0.15) is 0 Å². The van der Waals surface area contributed by atoms with Gasteiger partial charge in [0, 0.05) is 0 Å². The van der Waals surface area contributed by atoms with Crippen LogP contribution < -0.4 is 73.6 Å². The molecule has 1 aromatic rings. The third-order valence-corrected chi connectivity index (χ3v) is 4.88. The third kappa shape index (κ3) is 7.03. The summed E-state index contributed by atoms with van der Waals surface area (Å²) >= 11 is 0. The maximum absolute atomic E-state index is 10.6. The van der Waals surface area contributed by atoms with E-state index in [9.17, 15) is 14.4 Å². The molecule has 124 valence electrons. The number of phosphoric acid groups is 1. The fourth-order valence-electron chi connectivity index (χ4n) is 2.90. The van der Waals surface area contributed by atoms with E-state index in [4.69, 9.17) is 4.74 Å². The second kappa shape index (κ2) is 11.1. The SMILES string of the molecule is CC(C)c1cccc([C@H](C)C2CCC2)c1OCOP(=O)([O-])[O-].[Na+].[Na+]. The molecule has 0 amide bonds. The summed E-state index contributed by atoms with van der Waals surface area (Å²) < 4.78 is 20.4. The zero-order valence-corrected chi connectivity index (χ0v) is 20.2. The molecule has 0 unspecified atom stereocenters. The minimum absolute atomic E-state index is 0. The van der Waals surface area contributed by atoms with Crippen LogP contribution in [0.5, 0.6) is 5.75 Å². The normalized spacial score (nSPS) is 15.9. The van der Waals surface area contributed by atoms with Gasteiger partial charge in [-0.05, 0) is 41.7 Å². The number of hydrogen-bond donors (Lipinski definition) is 0. The molecule has 5 nitrogen and oxygen atoms in total. The smallest absolute Gasteiger partial charge is 0.790 e. The molecule has 1 aliphatic rings. The van der Waals surface area contributed by atoms with Crippen molar-refractivity contribution in [2.45, 2.75) is 51.9 Å².